The number of pyridine rings is 3. The summed E-state index contributed by atoms with van der Waals surface area (Å²) >= 11 is 0. The average Bonchev–Trinajstić information content (AvgIpc) is 1.59. The lowest BCUT2D eigenvalue weighted by Gasteiger charge is -2.65. The standard InChI is InChI=1S/C40H52F2O9.C24H30F2O6.C23H28F2O6.3C7H10N2/c1-35(41,42)32(44)51-39-13-26-7-29(16-39)40(30(8-26)17-39)49-20-36(21-50-40,18-47-33(45)37-9-22-2-23(10-37)4-24(3-22)11-37)19-48-34(46)38-12-25-5-27(14-38)31(43)28(6-25)15-38;1-3-24(12-5-10-4-11(7-12)8-13(24)6-10)32-21(28)17-15-9-14-16(17)20(27)30-18(14)19(15)31-22(29)23(2,25)26;1-22(11-4-9-3-10(6-11)7-12(22)5-9)31-20(27)16-14-8-13-15(16)19(26)29-17(13)18(14)30-21(28)23(2,24)25;3*1-9(2)7-3-5-8-6-4-7/h22-30H,2-21H2,1H3;10-19H,3-9H2,1-2H3;9-18H,3-8H2,1-2H3;3*3-6H,1-2H3/p+3. The predicted molar refractivity (Wildman–Crippen MR) is 491 cm³/mol. The lowest BCUT2D eigenvalue weighted by Crippen LogP contribution is -2.69. The number of nitrogens with zero attached hydrogens (tertiary/aromatic N) is 3. The molecule has 3 aliphatic heterocycles. The number of rotatable bonds is 20. The molecule has 1 spiro atoms. The number of halogens is 6. The summed E-state index contributed by atoms with van der Waals surface area (Å²) in [5.41, 5.74) is -0.327. The Morgan fingerprint density at radius 3 is 1.11 bits per heavy atom. The molecule has 27 nitrogen and oxygen atoms in total. The largest absolute Gasteiger partial charge is 0.464 e. The topological polar surface area (TPSA) is 324 Å². The molecule has 16 atom stereocenters. The fraction of sp³-hybridized carbons (Fsp3) is 0.769. The molecule has 24 saturated carbocycles. The fourth-order valence-corrected chi connectivity index (χ4v) is 33.7. The van der Waals surface area contributed by atoms with Gasteiger partial charge in [-0.15, -0.1) is 0 Å². The van der Waals surface area contributed by atoms with Crippen molar-refractivity contribution in [2.75, 3.05) is 83.4 Å². The minimum atomic E-state index is -3.65. The molecule has 770 valence electrons. The quantitative estimate of drug-likeness (QED) is 0.0576. The Kier molecular flexibility index (Phi) is 26.1. The molecule has 3 N–H and O–H groups in total. The second kappa shape index (κ2) is 37.0. The lowest BCUT2D eigenvalue weighted by molar-refractivity contribution is -0.397. The Balaban J connectivity index is 0.000000117. The zero-order chi connectivity index (χ0) is 99.7. The lowest BCUT2D eigenvalue weighted by atomic mass is 9.49. The van der Waals surface area contributed by atoms with Gasteiger partial charge in [-0.1, -0.05) is 6.92 Å². The van der Waals surface area contributed by atoms with E-state index < -0.39 is 158 Å². The van der Waals surface area contributed by atoms with Gasteiger partial charge in [-0.3, -0.25) is 33.6 Å². The Morgan fingerprint density at radius 2 is 0.745 bits per heavy atom. The molecule has 24 bridgehead atoms. The molecule has 0 radical (unpaired) electrons. The van der Waals surface area contributed by atoms with Crippen LogP contribution in [-0.2, 0) is 100 Å². The van der Waals surface area contributed by atoms with Crippen molar-refractivity contribution in [3.8, 4) is 0 Å². The average molecular weight is 1980 g/mol. The van der Waals surface area contributed by atoms with Gasteiger partial charge in [0.25, 0.3) is 0 Å². The first-order chi connectivity index (χ1) is 66.8. The molecule has 3 saturated heterocycles. The van der Waals surface area contributed by atoms with E-state index >= 15 is 0 Å². The molecule has 0 aromatic carbocycles. The number of ether oxygens (including phenoxy) is 11. The molecule has 141 heavy (non-hydrogen) atoms. The van der Waals surface area contributed by atoms with E-state index in [1.165, 1.54) is 49.2 Å². The van der Waals surface area contributed by atoms with Gasteiger partial charge in [0.15, 0.2) is 43.0 Å². The SMILES string of the molecule is CC(F)(F)C(=O)OC12CC3CC(C1)C1(OCC(COC(=O)C45CC6CC(CC(C6)C4)C5)(COC(=O)C45CC6CC(C4)C(=O)C(C6)C5)CO1)C(C3)C2.CC(F)(F)C(=O)OC1C2CC3C1OC(=O)C3C2C(=O)OC1(C)C2CC3CC(C2)CC1C3.CCC1(OC(=O)C2C3CC4C(OC(=O)C42)C3OC(=O)C(C)(F)F)C2CC3CC(C2)CC1C3.CN(C)c1cc[nH+]cc1.CN(C)c1cc[nH+]cc1.CN(C)c1cc[nH+]cc1. The number of nitrogens with one attached hydrogen (secondary N) is 3. The molecule has 6 heterocycles. The van der Waals surface area contributed by atoms with Gasteiger partial charge < -0.3 is 66.8 Å². The molecule has 3 aromatic rings. The first kappa shape index (κ1) is 99.6. The summed E-state index contributed by atoms with van der Waals surface area (Å²) in [7, 11) is 12.1. The van der Waals surface area contributed by atoms with Crippen LogP contribution in [0.3, 0.4) is 0 Å². The van der Waals surface area contributed by atoms with Gasteiger partial charge >= 0.3 is 71.5 Å². The van der Waals surface area contributed by atoms with E-state index in [1.54, 1.807) is 0 Å². The van der Waals surface area contributed by atoms with Gasteiger partial charge in [0.1, 0.15) is 60.2 Å². The highest BCUT2D eigenvalue weighted by molar-refractivity contribution is 5.91. The molecule has 30 rings (SSSR count). The van der Waals surface area contributed by atoms with Crippen LogP contribution in [0.5, 0.6) is 0 Å². The maximum atomic E-state index is 14.0. The number of ketones is 1. The predicted octanol–water partition coefficient (Wildman–Crippen LogP) is 14.5. The summed E-state index contributed by atoms with van der Waals surface area (Å²) in [4.78, 5) is 144. The zero-order valence-corrected chi connectivity index (χ0v) is 83.2. The van der Waals surface area contributed by atoms with Crippen LogP contribution in [0.1, 0.15) is 221 Å². The van der Waals surface area contributed by atoms with Crippen molar-refractivity contribution in [1.82, 2.24) is 0 Å². The van der Waals surface area contributed by atoms with Crippen LogP contribution >= 0.6 is 0 Å². The molecular weight excluding hydrogens is 1830 g/mol. The number of hydrogen-bond acceptors (Lipinski definition) is 24. The van der Waals surface area contributed by atoms with E-state index in [1.807, 2.05) is 123 Å². The number of aromatic amines is 3. The van der Waals surface area contributed by atoms with Crippen molar-refractivity contribution in [1.29, 1.82) is 0 Å². The van der Waals surface area contributed by atoms with E-state index in [0.29, 0.717) is 119 Å². The highest BCUT2D eigenvalue weighted by Crippen LogP contribution is 2.70. The Bertz CT molecular complexity index is 4990. The van der Waals surface area contributed by atoms with Gasteiger partial charge in [0.2, 0.25) is 0 Å². The summed E-state index contributed by atoms with van der Waals surface area (Å²) in [6.07, 6.45) is 33.7. The van der Waals surface area contributed by atoms with Crippen LogP contribution in [0.2, 0.25) is 0 Å². The van der Waals surface area contributed by atoms with Gasteiger partial charge in [0.05, 0.1) is 53.1 Å². The van der Waals surface area contributed by atoms with Crippen LogP contribution in [0, 0.1) is 164 Å². The molecule has 27 fully saturated rings. The van der Waals surface area contributed by atoms with Crippen molar-refractivity contribution in [3.05, 3.63) is 73.6 Å². The maximum Gasteiger partial charge on any atom is 0.377 e. The van der Waals surface area contributed by atoms with Crippen LogP contribution in [0.4, 0.5) is 43.4 Å². The van der Waals surface area contributed by atoms with Gasteiger partial charge in [-0.05, 0) is 270 Å². The van der Waals surface area contributed by atoms with E-state index in [2.05, 4.69) is 36.6 Å². The van der Waals surface area contributed by atoms with Crippen molar-refractivity contribution < 1.29 is 141 Å². The Hall–Kier alpha value is -8.75. The number of Topliss-reactive ketones (excluding diaryl/α,β-unsaturated/α-hetero) is 1. The Labute approximate surface area is 820 Å². The summed E-state index contributed by atoms with van der Waals surface area (Å²) in [6.45, 7) is 5.96. The van der Waals surface area contributed by atoms with Crippen LogP contribution in [0.25, 0.3) is 0 Å². The first-order valence-corrected chi connectivity index (χ1v) is 52.5. The molecule has 24 aliphatic carbocycles. The van der Waals surface area contributed by atoms with Crippen molar-refractivity contribution in [3.63, 3.8) is 0 Å². The third-order valence-electron chi connectivity index (χ3n) is 39.0. The molecule has 33 heteroatoms. The number of carbonyl (C=O) groups is 10. The molecule has 27 aliphatic rings. The van der Waals surface area contributed by atoms with E-state index in [0.717, 1.165) is 133 Å². The maximum absolute atomic E-state index is 14.0. The third-order valence-corrected chi connectivity index (χ3v) is 39.0. The number of alkyl halides is 6. The van der Waals surface area contributed by atoms with Crippen LogP contribution < -0.4 is 29.7 Å². The highest BCUT2D eigenvalue weighted by atomic mass is 19.3. The number of H-pyrrole nitrogens is 3. The van der Waals surface area contributed by atoms with Crippen molar-refractivity contribution in [2.45, 2.75) is 286 Å². The van der Waals surface area contributed by atoms with E-state index in [-0.39, 0.29) is 79.8 Å². The molecule has 3 aromatic heterocycles. The number of esters is 9. The minimum Gasteiger partial charge on any atom is -0.464 e. The number of anilines is 3. The summed E-state index contributed by atoms with van der Waals surface area (Å²) in [6, 6.07) is 12.2. The van der Waals surface area contributed by atoms with E-state index in [4.69, 9.17) is 52.1 Å². The van der Waals surface area contributed by atoms with Crippen molar-refractivity contribution >= 4 is 76.6 Å². The Morgan fingerprint density at radius 1 is 0.404 bits per heavy atom. The highest BCUT2D eigenvalue weighted by Gasteiger charge is 2.75. The van der Waals surface area contributed by atoms with E-state index in [9.17, 15) is 74.3 Å². The first-order valence-electron chi connectivity index (χ1n) is 52.5. The molecular formula is C108H143F6N6O21+3. The fourth-order valence-electron chi connectivity index (χ4n) is 33.7. The normalized spacial score (nSPS) is 42.9. The summed E-state index contributed by atoms with van der Waals surface area (Å²) < 4.78 is 147. The summed E-state index contributed by atoms with van der Waals surface area (Å²) in [5, 5.41) is 0. The zero-order valence-electron chi connectivity index (χ0n) is 83.2. The number of aromatic nitrogens is 3. The van der Waals surface area contributed by atoms with Crippen LogP contribution in [0.15, 0.2) is 73.6 Å². The number of carbonyl (C=O) groups excluding carboxylic acids is 10. The van der Waals surface area contributed by atoms with Gasteiger partial charge in [-0.25, -0.2) is 29.3 Å². The second-order valence-electron chi connectivity index (χ2n) is 48.9. The van der Waals surface area contributed by atoms with Gasteiger partial charge in [-0.2, -0.15) is 26.3 Å². The monoisotopic (exact) mass is 1970 g/mol. The van der Waals surface area contributed by atoms with Gasteiger partial charge in [0, 0.05) is 164 Å². The molecule has 16 unspecified atom stereocenters. The smallest absolute Gasteiger partial charge is 0.377 e. The molecule has 0 amide bonds. The third kappa shape index (κ3) is 18.3. The number of hydrogen-bond donors (Lipinski definition) is 0. The number of fused-ring (bicyclic) bond motifs is 2. The minimum absolute atomic E-state index is 0.0153. The second-order valence-corrected chi connectivity index (χ2v) is 48.9. The summed E-state index contributed by atoms with van der Waals surface area (Å²) in [5.74, 6) is -16.7. The van der Waals surface area contributed by atoms with Crippen molar-refractivity contribution in [2.24, 2.45) is 164 Å². The van der Waals surface area contributed by atoms with Crippen LogP contribution in [-0.4, -0.2) is 193 Å².